The molecule has 2 aromatic carbocycles. The first-order valence-electron chi connectivity index (χ1n) is 5.92. The number of ether oxygens (including phenoxy) is 1. The monoisotopic (exact) mass is 288 g/mol. The fraction of sp³-hybridized carbons (Fsp3) is 0.0667. The van der Waals surface area contributed by atoms with Crippen LogP contribution in [0, 0.1) is 0 Å². The van der Waals surface area contributed by atoms with E-state index in [4.69, 9.17) is 16.3 Å². The number of rotatable bonds is 4. The van der Waals surface area contributed by atoms with Crippen molar-refractivity contribution in [1.29, 1.82) is 0 Å². The number of carbonyl (C=O) groups is 1. The lowest BCUT2D eigenvalue weighted by atomic mass is 10.2. The molecule has 0 aliphatic carbocycles. The quantitative estimate of drug-likeness (QED) is 0.694. The number of halogens is 1. The summed E-state index contributed by atoms with van der Waals surface area (Å²) < 4.78 is 5.03. The fourth-order valence-electron chi connectivity index (χ4n) is 1.55. The number of methoxy groups -OCH3 is 1. The zero-order valence-electron chi connectivity index (χ0n) is 10.8. The van der Waals surface area contributed by atoms with Crippen molar-refractivity contribution in [2.45, 2.75) is 0 Å². The van der Waals surface area contributed by atoms with Crippen LogP contribution in [0.3, 0.4) is 0 Å². The molecule has 2 rings (SSSR count). The number of nitrogens with zero attached hydrogens (tertiary/aromatic N) is 1. The van der Waals surface area contributed by atoms with E-state index in [1.54, 1.807) is 37.4 Å². The Kier molecular flexibility index (Phi) is 4.74. The summed E-state index contributed by atoms with van der Waals surface area (Å²) in [6, 6.07) is 14.0. The van der Waals surface area contributed by atoms with E-state index in [1.807, 2.05) is 18.2 Å². The van der Waals surface area contributed by atoms with Gasteiger partial charge in [0.15, 0.2) is 0 Å². The molecule has 0 radical (unpaired) electrons. The Balaban J connectivity index is 1.99. The maximum absolute atomic E-state index is 11.8. The average Bonchev–Trinajstić information content (AvgIpc) is 2.49. The Morgan fingerprint density at radius 3 is 2.55 bits per heavy atom. The number of hydrogen-bond donors (Lipinski definition) is 1. The minimum Gasteiger partial charge on any atom is -0.497 e. The average molecular weight is 289 g/mol. The van der Waals surface area contributed by atoms with Crippen LogP contribution in [0.5, 0.6) is 5.75 Å². The van der Waals surface area contributed by atoms with E-state index in [1.165, 1.54) is 6.21 Å². The Hall–Kier alpha value is -2.33. The van der Waals surface area contributed by atoms with Crippen molar-refractivity contribution in [3.8, 4) is 5.75 Å². The molecule has 0 fully saturated rings. The van der Waals surface area contributed by atoms with Gasteiger partial charge in [0.25, 0.3) is 5.91 Å². The van der Waals surface area contributed by atoms with E-state index in [2.05, 4.69) is 10.5 Å². The molecule has 0 aromatic heterocycles. The standard InChI is InChI=1S/C15H13ClN2O2/c1-20-13-8-6-11(7-9-13)15(19)18-17-10-12-4-2-3-5-14(12)16/h2-10H,1H3,(H,18,19)/b17-10+. The van der Waals surface area contributed by atoms with Gasteiger partial charge in [-0.25, -0.2) is 5.43 Å². The molecule has 0 unspecified atom stereocenters. The van der Waals surface area contributed by atoms with Crippen LogP contribution in [0.1, 0.15) is 15.9 Å². The van der Waals surface area contributed by atoms with Crippen molar-refractivity contribution in [2.75, 3.05) is 7.11 Å². The van der Waals surface area contributed by atoms with E-state index >= 15 is 0 Å². The van der Waals surface area contributed by atoms with Crippen LogP contribution in [0.25, 0.3) is 0 Å². The van der Waals surface area contributed by atoms with Crippen LogP contribution in [0.4, 0.5) is 0 Å². The summed E-state index contributed by atoms with van der Waals surface area (Å²) in [6.07, 6.45) is 1.50. The Labute approximate surface area is 122 Å². The molecular weight excluding hydrogens is 276 g/mol. The maximum atomic E-state index is 11.8. The van der Waals surface area contributed by atoms with Gasteiger partial charge >= 0.3 is 0 Å². The SMILES string of the molecule is COc1ccc(C(=O)N/N=C/c2ccccc2Cl)cc1. The van der Waals surface area contributed by atoms with Crippen molar-refractivity contribution in [1.82, 2.24) is 5.43 Å². The highest BCUT2D eigenvalue weighted by atomic mass is 35.5. The van der Waals surface area contributed by atoms with E-state index in [0.29, 0.717) is 16.3 Å². The predicted molar refractivity (Wildman–Crippen MR) is 79.5 cm³/mol. The molecule has 20 heavy (non-hydrogen) atoms. The van der Waals surface area contributed by atoms with E-state index in [0.717, 1.165) is 5.56 Å². The molecule has 0 saturated heterocycles. The summed E-state index contributed by atoms with van der Waals surface area (Å²) in [4.78, 5) is 11.8. The summed E-state index contributed by atoms with van der Waals surface area (Å²) >= 11 is 5.97. The molecule has 0 spiro atoms. The van der Waals surface area contributed by atoms with Gasteiger partial charge in [0.05, 0.1) is 13.3 Å². The van der Waals surface area contributed by atoms with Crippen LogP contribution in [-0.4, -0.2) is 19.2 Å². The van der Waals surface area contributed by atoms with E-state index in [9.17, 15) is 4.79 Å². The highest BCUT2D eigenvalue weighted by molar-refractivity contribution is 6.33. The largest absolute Gasteiger partial charge is 0.497 e. The zero-order valence-corrected chi connectivity index (χ0v) is 11.6. The van der Waals surface area contributed by atoms with Gasteiger partial charge in [-0.2, -0.15) is 5.10 Å². The first-order valence-corrected chi connectivity index (χ1v) is 6.30. The molecule has 0 heterocycles. The lowest BCUT2D eigenvalue weighted by molar-refractivity contribution is 0.0955. The van der Waals surface area contributed by atoms with Crippen LogP contribution < -0.4 is 10.2 Å². The van der Waals surface area contributed by atoms with Crippen molar-refractivity contribution < 1.29 is 9.53 Å². The third-order valence-corrected chi connectivity index (χ3v) is 2.97. The second kappa shape index (κ2) is 6.73. The normalized spacial score (nSPS) is 10.5. The van der Waals surface area contributed by atoms with Crippen molar-refractivity contribution in [3.63, 3.8) is 0 Å². The molecule has 2 aromatic rings. The molecule has 0 saturated carbocycles. The smallest absolute Gasteiger partial charge is 0.271 e. The molecule has 1 N–H and O–H groups in total. The molecule has 1 amide bonds. The van der Waals surface area contributed by atoms with Crippen LogP contribution in [-0.2, 0) is 0 Å². The minimum atomic E-state index is -0.295. The van der Waals surface area contributed by atoms with Crippen LogP contribution >= 0.6 is 11.6 Å². The second-order valence-corrected chi connectivity index (χ2v) is 4.36. The Bertz CT molecular complexity index is 624. The number of carbonyl (C=O) groups excluding carboxylic acids is 1. The van der Waals surface area contributed by atoms with Crippen LogP contribution in [0.15, 0.2) is 53.6 Å². The van der Waals surface area contributed by atoms with Crippen LogP contribution in [0.2, 0.25) is 5.02 Å². The number of nitrogens with one attached hydrogen (secondary N) is 1. The van der Waals surface area contributed by atoms with Gasteiger partial charge in [-0.05, 0) is 30.3 Å². The molecule has 4 nitrogen and oxygen atoms in total. The first-order chi connectivity index (χ1) is 9.70. The third-order valence-electron chi connectivity index (χ3n) is 2.63. The summed E-state index contributed by atoms with van der Waals surface area (Å²) in [5, 5.41) is 4.46. The highest BCUT2D eigenvalue weighted by Gasteiger charge is 2.03. The second-order valence-electron chi connectivity index (χ2n) is 3.95. The van der Waals surface area contributed by atoms with Gasteiger partial charge in [0.1, 0.15) is 5.75 Å². The van der Waals surface area contributed by atoms with E-state index < -0.39 is 0 Å². The Morgan fingerprint density at radius 2 is 1.90 bits per heavy atom. The number of hydrazone groups is 1. The molecule has 0 atom stereocenters. The maximum Gasteiger partial charge on any atom is 0.271 e. The lowest BCUT2D eigenvalue weighted by Gasteiger charge is -2.02. The molecular formula is C15H13ClN2O2. The summed E-state index contributed by atoms with van der Waals surface area (Å²) in [7, 11) is 1.57. The number of amides is 1. The summed E-state index contributed by atoms with van der Waals surface area (Å²) in [5.41, 5.74) is 3.69. The number of benzene rings is 2. The molecule has 102 valence electrons. The van der Waals surface area contributed by atoms with Gasteiger partial charge in [-0.1, -0.05) is 29.8 Å². The van der Waals surface area contributed by atoms with Gasteiger partial charge in [-0.3, -0.25) is 4.79 Å². The van der Waals surface area contributed by atoms with Crippen molar-refractivity contribution in [3.05, 3.63) is 64.7 Å². The lowest BCUT2D eigenvalue weighted by Crippen LogP contribution is -2.17. The number of hydrogen-bond acceptors (Lipinski definition) is 3. The van der Waals surface area contributed by atoms with Crippen molar-refractivity contribution >= 4 is 23.7 Å². The van der Waals surface area contributed by atoms with Gasteiger partial charge < -0.3 is 4.74 Å². The third kappa shape index (κ3) is 3.59. The first kappa shape index (κ1) is 14.1. The van der Waals surface area contributed by atoms with Gasteiger partial charge in [0.2, 0.25) is 0 Å². The van der Waals surface area contributed by atoms with Gasteiger partial charge in [0, 0.05) is 16.1 Å². The predicted octanol–water partition coefficient (Wildman–Crippen LogP) is 3.11. The zero-order chi connectivity index (χ0) is 14.4. The molecule has 0 aliphatic rings. The Morgan fingerprint density at radius 1 is 1.20 bits per heavy atom. The summed E-state index contributed by atoms with van der Waals surface area (Å²) in [5.74, 6) is 0.400. The summed E-state index contributed by atoms with van der Waals surface area (Å²) in [6.45, 7) is 0. The molecule has 5 heteroatoms. The van der Waals surface area contributed by atoms with Crippen molar-refractivity contribution in [2.24, 2.45) is 5.10 Å². The fourth-order valence-corrected chi connectivity index (χ4v) is 1.73. The minimum absolute atomic E-state index is 0.295. The molecule has 0 aliphatic heterocycles. The molecule has 0 bridgehead atoms. The van der Waals surface area contributed by atoms with E-state index in [-0.39, 0.29) is 5.91 Å². The highest BCUT2D eigenvalue weighted by Crippen LogP contribution is 2.12. The van der Waals surface area contributed by atoms with Gasteiger partial charge in [-0.15, -0.1) is 0 Å². The topological polar surface area (TPSA) is 50.7 Å².